The predicted octanol–water partition coefficient (Wildman–Crippen LogP) is 5.06. The molecule has 0 aliphatic heterocycles. The van der Waals surface area contributed by atoms with Crippen molar-refractivity contribution >= 4 is 44.9 Å². The van der Waals surface area contributed by atoms with Gasteiger partial charge in [0.15, 0.2) is 6.61 Å². The van der Waals surface area contributed by atoms with Gasteiger partial charge in [-0.1, -0.05) is 29.8 Å². The second kappa shape index (κ2) is 10.8. The Morgan fingerprint density at radius 2 is 1.62 bits per heavy atom. The lowest BCUT2D eigenvalue weighted by molar-refractivity contribution is -0.146. The average molecular weight is 543 g/mol. The van der Waals surface area contributed by atoms with Crippen molar-refractivity contribution in [2.45, 2.75) is 37.0 Å². The number of carbonyl (C=O) groups is 2. The molecule has 2 N–H and O–H groups in total. The first-order valence-electron chi connectivity index (χ1n) is 11.7. The molecule has 37 heavy (non-hydrogen) atoms. The fraction of sp³-hybridized carbons (Fsp3) is 0.259. The van der Waals surface area contributed by atoms with Gasteiger partial charge in [0.2, 0.25) is 0 Å². The largest absolute Gasteiger partial charge is 0.484 e. The minimum absolute atomic E-state index is 0.0392. The van der Waals surface area contributed by atoms with Crippen LogP contribution in [0.3, 0.4) is 0 Å². The molecule has 1 aliphatic rings. The summed E-state index contributed by atoms with van der Waals surface area (Å²) in [6.45, 7) is 3.69. The molecule has 0 spiro atoms. The molecule has 0 atom stereocenters. The van der Waals surface area contributed by atoms with E-state index >= 15 is 0 Å². The fourth-order valence-electron chi connectivity index (χ4n) is 3.81. The van der Waals surface area contributed by atoms with Gasteiger partial charge in [-0.15, -0.1) is 0 Å². The van der Waals surface area contributed by atoms with Gasteiger partial charge in [0.05, 0.1) is 22.6 Å². The van der Waals surface area contributed by atoms with E-state index in [1.807, 2.05) is 19.1 Å². The van der Waals surface area contributed by atoms with E-state index in [4.69, 9.17) is 21.1 Å². The number of sulfonamides is 1. The molecule has 0 aromatic heterocycles. The van der Waals surface area contributed by atoms with Crippen LogP contribution in [0.4, 0.5) is 11.4 Å². The molecule has 1 amide bonds. The number of hydrogen-bond acceptors (Lipinski definition) is 6. The molecular formula is C27H27ClN2O6S. The number of rotatable bonds is 10. The maximum Gasteiger partial charge on any atom is 0.316 e. The number of benzene rings is 3. The lowest BCUT2D eigenvalue weighted by Gasteiger charge is -2.15. The molecule has 4 rings (SSSR count). The van der Waals surface area contributed by atoms with Crippen LogP contribution >= 0.6 is 11.6 Å². The Morgan fingerprint density at radius 1 is 0.973 bits per heavy atom. The number of halogens is 1. The van der Waals surface area contributed by atoms with Crippen LogP contribution in [0.5, 0.6) is 5.75 Å². The zero-order valence-electron chi connectivity index (χ0n) is 20.4. The van der Waals surface area contributed by atoms with Crippen LogP contribution in [-0.2, 0) is 29.8 Å². The van der Waals surface area contributed by atoms with Gasteiger partial charge in [-0.25, -0.2) is 8.42 Å². The summed E-state index contributed by atoms with van der Waals surface area (Å²) in [5.74, 6) is -0.254. The standard InChI is InChI=1S/C27H27ClN2O6S/c1-3-35-26(32)27(14-15-27)19-5-8-20(9-6-19)29-25(31)17-36-22-10-12-23(13-11-22)37(33,34)30-21-7-4-18(2)24(28)16-21/h4-13,16,30H,3,14-15,17H2,1-2H3,(H,29,31). The van der Waals surface area contributed by atoms with Crippen molar-refractivity contribution in [3.63, 3.8) is 0 Å². The van der Waals surface area contributed by atoms with Crippen molar-refractivity contribution in [1.29, 1.82) is 0 Å². The number of anilines is 2. The van der Waals surface area contributed by atoms with E-state index in [1.54, 1.807) is 37.3 Å². The van der Waals surface area contributed by atoms with Crippen LogP contribution in [0.1, 0.15) is 30.9 Å². The highest BCUT2D eigenvalue weighted by Crippen LogP contribution is 2.49. The lowest BCUT2D eigenvalue weighted by Crippen LogP contribution is -2.23. The topological polar surface area (TPSA) is 111 Å². The van der Waals surface area contributed by atoms with E-state index in [1.165, 1.54) is 24.3 Å². The first-order chi connectivity index (χ1) is 17.6. The van der Waals surface area contributed by atoms with Crippen molar-refractivity contribution in [3.8, 4) is 5.75 Å². The van der Waals surface area contributed by atoms with E-state index in [2.05, 4.69) is 10.0 Å². The highest BCUT2D eigenvalue weighted by molar-refractivity contribution is 7.92. The number of hydrogen-bond donors (Lipinski definition) is 2. The van der Waals surface area contributed by atoms with Crippen LogP contribution in [0, 0.1) is 6.92 Å². The highest BCUT2D eigenvalue weighted by Gasteiger charge is 2.52. The van der Waals surface area contributed by atoms with Gasteiger partial charge in [0.1, 0.15) is 5.75 Å². The maximum atomic E-state index is 12.7. The van der Waals surface area contributed by atoms with Crippen molar-refractivity contribution in [3.05, 3.63) is 82.9 Å². The Bertz CT molecular complexity index is 1400. The van der Waals surface area contributed by atoms with Crippen LogP contribution in [0.15, 0.2) is 71.6 Å². The molecule has 8 nitrogen and oxygen atoms in total. The summed E-state index contributed by atoms with van der Waals surface area (Å²) in [5.41, 5.74) is 2.07. The molecule has 0 radical (unpaired) electrons. The highest BCUT2D eigenvalue weighted by atomic mass is 35.5. The Labute approximate surface area is 221 Å². The predicted molar refractivity (Wildman–Crippen MR) is 142 cm³/mol. The number of amides is 1. The van der Waals surface area contributed by atoms with Gasteiger partial charge in [-0.05, 0) is 86.3 Å². The second-order valence-electron chi connectivity index (χ2n) is 8.76. The van der Waals surface area contributed by atoms with Crippen molar-refractivity contribution < 1.29 is 27.5 Å². The second-order valence-corrected chi connectivity index (χ2v) is 10.8. The smallest absolute Gasteiger partial charge is 0.316 e. The Balaban J connectivity index is 1.30. The van der Waals surface area contributed by atoms with Crippen LogP contribution in [0.25, 0.3) is 0 Å². The normalized spacial score (nSPS) is 13.9. The molecule has 1 aliphatic carbocycles. The third-order valence-electron chi connectivity index (χ3n) is 6.07. The quantitative estimate of drug-likeness (QED) is 0.346. The Morgan fingerprint density at radius 3 is 2.22 bits per heavy atom. The average Bonchev–Trinajstić information content (AvgIpc) is 3.68. The minimum Gasteiger partial charge on any atom is -0.484 e. The van der Waals surface area contributed by atoms with Crippen LogP contribution in [0.2, 0.25) is 5.02 Å². The summed E-state index contributed by atoms with van der Waals surface area (Å²) >= 11 is 6.07. The van der Waals surface area contributed by atoms with E-state index in [-0.39, 0.29) is 23.4 Å². The van der Waals surface area contributed by atoms with Gasteiger partial charge in [-0.2, -0.15) is 0 Å². The maximum absolute atomic E-state index is 12.7. The Kier molecular flexibility index (Phi) is 7.75. The van der Waals surface area contributed by atoms with Gasteiger partial charge < -0.3 is 14.8 Å². The summed E-state index contributed by atoms with van der Waals surface area (Å²) in [7, 11) is -3.82. The van der Waals surface area contributed by atoms with E-state index in [0.29, 0.717) is 28.8 Å². The summed E-state index contributed by atoms with van der Waals surface area (Å²) in [6, 6.07) is 17.7. The van der Waals surface area contributed by atoms with E-state index in [9.17, 15) is 18.0 Å². The van der Waals surface area contributed by atoms with E-state index < -0.39 is 15.4 Å². The summed E-state index contributed by atoms with van der Waals surface area (Å²) in [4.78, 5) is 24.6. The number of carbonyl (C=O) groups excluding carboxylic acids is 2. The number of aryl methyl sites for hydroxylation is 1. The number of esters is 1. The first kappa shape index (κ1) is 26.5. The first-order valence-corrected chi connectivity index (χ1v) is 13.6. The van der Waals surface area contributed by atoms with Crippen molar-refractivity contribution in [1.82, 2.24) is 0 Å². The summed E-state index contributed by atoms with van der Waals surface area (Å²) in [6.07, 6.45) is 1.50. The van der Waals surface area contributed by atoms with Crippen LogP contribution < -0.4 is 14.8 Å². The molecule has 3 aromatic rings. The summed E-state index contributed by atoms with van der Waals surface area (Å²) < 4.78 is 38.5. The van der Waals surface area contributed by atoms with Gasteiger partial charge in [0.25, 0.3) is 15.9 Å². The molecule has 194 valence electrons. The molecule has 1 fully saturated rings. The molecule has 0 bridgehead atoms. The van der Waals surface area contributed by atoms with Gasteiger partial charge >= 0.3 is 5.97 Å². The molecule has 1 saturated carbocycles. The molecule has 10 heteroatoms. The van der Waals surface area contributed by atoms with Crippen molar-refractivity contribution in [2.75, 3.05) is 23.3 Å². The number of ether oxygens (including phenoxy) is 2. The van der Waals surface area contributed by atoms with E-state index in [0.717, 1.165) is 24.0 Å². The lowest BCUT2D eigenvalue weighted by atomic mass is 9.96. The molecular weight excluding hydrogens is 516 g/mol. The summed E-state index contributed by atoms with van der Waals surface area (Å²) in [5, 5.41) is 3.20. The zero-order valence-corrected chi connectivity index (χ0v) is 22.0. The van der Waals surface area contributed by atoms with Crippen molar-refractivity contribution in [2.24, 2.45) is 0 Å². The third-order valence-corrected chi connectivity index (χ3v) is 7.87. The van der Waals surface area contributed by atoms with Gasteiger partial charge in [-0.3, -0.25) is 14.3 Å². The molecule has 0 unspecified atom stereocenters. The monoisotopic (exact) mass is 542 g/mol. The third kappa shape index (κ3) is 6.23. The minimum atomic E-state index is -3.82. The SMILES string of the molecule is CCOC(=O)C1(c2ccc(NC(=O)COc3ccc(S(=O)(=O)Nc4ccc(C)c(Cl)c4)cc3)cc2)CC1. The van der Waals surface area contributed by atoms with Gasteiger partial charge in [0, 0.05) is 10.7 Å². The molecule has 0 saturated heterocycles. The molecule has 0 heterocycles. The van der Waals surface area contributed by atoms with Crippen LogP contribution in [-0.4, -0.2) is 33.5 Å². The fourth-order valence-corrected chi connectivity index (χ4v) is 5.04. The number of nitrogens with one attached hydrogen (secondary N) is 2. The zero-order chi connectivity index (χ0) is 26.6. The molecule has 3 aromatic carbocycles. The Hall–Kier alpha value is -3.56.